The smallest absolute Gasteiger partial charge is 0.305 e. The van der Waals surface area contributed by atoms with E-state index in [2.05, 4.69) is 10.6 Å². The van der Waals surface area contributed by atoms with Crippen LogP contribution < -0.4 is 16.4 Å². The van der Waals surface area contributed by atoms with E-state index in [-0.39, 0.29) is 48.8 Å². The molecule has 1 heterocycles. The van der Waals surface area contributed by atoms with Gasteiger partial charge in [-0.3, -0.25) is 24.0 Å². The van der Waals surface area contributed by atoms with Crippen molar-refractivity contribution in [3.8, 4) is 0 Å². The first-order chi connectivity index (χ1) is 17.0. The predicted molar refractivity (Wildman–Crippen MR) is 127 cm³/mol. The standard InChI is InChI=1S/C22H28ClN5O8/c1-12(25-20(33)13-3-4-16(24)15(23)7-13)22(35)28-6-5-27(18(30)11-36-2)9-17(28)21(34)26-14(10-29)8-19(31)32/h3-4,7,10,12,14,17H,5-6,8-9,11,24H2,1-2H3,(H,25,33)(H,26,34)(H,31,32)/t12-,14-,17?/m0/s1. The SMILES string of the molecule is COCC(=O)N1CCN(C(=O)[C@H](C)NC(=O)c2ccc(N)c(Cl)c2)C(C(=O)N[C@H](C=O)CC(=O)O)C1. The van der Waals surface area contributed by atoms with Crippen molar-refractivity contribution in [3.63, 3.8) is 0 Å². The number of anilines is 1. The average molecular weight is 526 g/mol. The molecule has 0 aliphatic carbocycles. The van der Waals surface area contributed by atoms with Gasteiger partial charge < -0.3 is 40.8 Å². The molecule has 0 radical (unpaired) electrons. The van der Waals surface area contributed by atoms with E-state index in [1.807, 2.05) is 0 Å². The van der Waals surface area contributed by atoms with Crippen molar-refractivity contribution >= 4 is 53.2 Å². The minimum atomic E-state index is -1.33. The molecule has 0 spiro atoms. The van der Waals surface area contributed by atoms with Crippen molar-refractivity contribution in [2.45, 2.75) is 31.5 Å². The first-order valence-electron chi connectivity index (χ1n) is 10.9. The number of carbonyl (C=O) groups excluding carboxylic acids is 5. The van der Waals surface area contributed by atoms with Gasteiger partial charge in [0.15, 0.2) is 0 Å². The number of piperazine rings is 1. The number of carboxylic acid groups (broad SMARTS) is 1. The fraction of sp³-hybridized carbons (Fsp3) is 0.455. The summed E-state index contributed by atoms with van der Waals surface area (Å²) in [5.74, 6) is -3.76. The van der Waals surface area contributed by atoms with Crippen molar-refractivity contribution < 1.29 is 38.6 Å². The highest BCUT2D eigenvalue weighted by Crippen LogP contribution is 2.20. The van der Waals surface area contributed by atoms with Crippen LogP contribution >= 0.6 is 11.6 Å². The molecule has 2 rings (SSSR count). The van der Waals surface area contributed by atoms with Crippen LogP contribution in [0.3, 0.4) is 0 Å². The van der Waals surface area contributed by atoms with Crippen molar-refractivity contribution in [1.29, 1.82) is 0 Å². The Hall–Kier alpha value is -3.71. The minimum Gasteiger partial charge on any atom is -0.481 e. The molecule has 14 heteroatoms. The number of benzene rings is 1. The maximum Gasteiger partial charge on any atom is 0.305 e. The maximum absolute atomic E-state index is 13.2. The number of aldehydes is 1. The second-order valence-electron chi connectivity index (χ2n) is 8.10. The molecule has 36 heavy (non-hydrogen) atoms. The Kier molecular flexibility index (Phi) is 10.2. The molecule has 13 nitrogen and oxygen atoms in total. The first-order valence-corrected chi connectivity index (χ1v) is 11.3. The molecule has 1 aromatic carbocycles. The topological polar surface area (TPSA) is 188 Å². The van der Waals surface area contributed by atoms with Crippen LogP contribution in [-0.4, -0.2) is 102 Å². The van der Waals surface area contributed by atoms with Crippen molar-refractivity contribution in [3.05, 3.63) is 28.8 Å². The lowest BCUT2D eigenvalue weighted by molar-refractivity contribution is -0.151. The molecule has 0 bridgehead atoms. The number of carbonyl (C=O) groups is 6. The van der Waals surface area contributed by atoms with Gasteiger partial charge in [0, 0.05) is 25.8 Å². The molecular weight excluding hydrogens is 498 g/mol. The Bertz CT molecular complexity index is 1040. The van der Waals surface area contributed by atoms with Gasteiger partial charge in [-0.1, -0.05) is 11.6 Å². The van der Waals surface area contributed by atoms with Crippen molar-refractivity contribution in [2.75, 3.05) is 39.1 Å². The minimum absolute atomic E-state index is 0.0506. The lowest BCUT2D eigenvalue weighted by atomic mass is 10.1. The molecule has 1 aliphatic heterocycles. The number of carboxylic acids is 1. The van der Waals surface area contributed by atoms with E-state index < -0.39 is 54.1 Å². The first kappa shape index (κ1) is 28.5. The van der Waals surface area contributed by atoms with Crippen LogP contribution in [0.5, 0.6) is 0 Å². The summed E-state index contributed by atoms with van der Waals surface area (Å²) in [6.45, 7) is 1.01. The van der Waals surface area contributed by atoms with Crippen LogP contribution in [-0.2, 0) is 28.7 Å². The summed E-state index contributed by atoms with van der Waals surface area (Å²) in [7, 11) is 1.33. The number of nitrogen functional groups attached to an aromatic ring is 1. The number of ether oxygens (including phenoxy) is 1. The Balaban J connectivity index is 2.20. The largest absolute Gasteiger partial charge is 0.481 e. The van der Waals surface area contributed by atoms with E-state index >= 15 is 0 Å². The number of halogens is 1. The van der Waals surface area contributed by atoms with Crippen LogP contribution in [0.4, 0.5) is 5.69 Å². The fourth-order valence-electron chi connectivity index (χ4n) is 3.57. The molecule has 4 amide bonds. The zero-order valence-corrected chi connectivity index (χ0v) is 20.5. The van der Waals surface area contributed by atoms with Crippen molar-refractivity contribution in [1.82, 2.24) is 20.4 Å². The molecule has 0 saturated carbocycles. The summed E-state index contributed by atoms with van der Waals surface area (Å²) in [6, 6.07) is 0.582. The zero-order valence-electron chi connectivity index (χ0n) is 19.7. The number of amides is 4. The average Bonchev–Trinajstić information content (AvgIpc) is 2.84. The highest BCUT2D eigenvalue weighted by molar-refractivity contribution is 6.33. The van der Waals surface area contributed by atoms with Gasteiger partial charge in [-0.15, -0.1) is 0 Å². The van der Waals surface area contributed by atoms with E-state index in [0.717, 1.165) is 0 Å². The van der Waals surface area contributed by atoms with Gasteiger partial charge in [0.2, 0.25) is 17.7 Å². The number of rotatable bonds is 10. The molecular formula is C22H28ClN5O8. The lowest BCUT2D eigenvalue weighted by Crippen LogP contribution is -2.65. The number of nitrogens with zero attached hydrogens (tertiary/aromatic N) is 2. The molecule has 1 fully saturated rings. The molecule has 1 saturated heterocycles. The molecule has 1 aromatic rings. The molecule has 1 unspecified atom stereocenters. The Labute approximate surface area is 211 Å². The van der Waals surface area contributed by atoms with Gasteiger partial charge in [0.1, 0.15) is 25.0 Å². The predicted octanol–water partition coefficient (Wildman–Crippen LogP) is -1.12. The number of nitrogens with two attached hydrogens (primary N) is 1. The summed E-state index contributed by atoms with van der Waals surface area (Å²) in [6.07, 6.45) is -0.381. The van der Waals surface area contributed by atoms with Gasteiger partial charge in [-0.25, -0.2) is 0 Å². The van der Waals surface area contributed by atoms with E-state index in [1.54, 1.807) is 0 Å². The molecule has 0 aromatic heterocycles. The lowest BCUT2D eigenvalue weighted by Gasteiger charge is -2.41. The Morgan fingerprint density at radius 3 is 2.53 bits per heavy atom. The third-order valence-corrected chi connectivity index (χ3v) is 5.78. The third-order valence-electron chi connectivity index (χ3n) is 5.45. The fourth-order valence-corrected chi connectivity index (χ4v) is 3.75. The monoisotopic (exact) mass is 525 g/mol. The third kappa shape index (κ3) is 7.39. The summed E-state index contributed by atoms with van der Waals surface area (Å²) in [4.78, 5) is 75.8. The second-order valence-corrected chi connectivity index (χ2v) is 8.51. The highest BCUT2D eigenvalue weighted by atomic mass is 35.5. The van der Waals surface area contributed by atoms with E-state index in [1.165, 1.54) is 42.0 Å². The number of methoxy groups -OCH3 is 1. The van der Waals surface area contributed by atoms with E-state index in [4.69, 9.17) is 27.2 Å². The van der Waals surface area contributed by atoms with E-state index in [0.29, 0.717) is 0 Å². The summed E-state index contributed by atoms with van der Waals surface area (Å²) < 4.78 is 4.84. The maximum atomic E-state index is 13.2. The number of nitrogens with one attached hydrogen (secondary N) is 2. The van der Waals surface area contributed by atoms with Crippen LogP contribution in [0.25, 0.3) is 0 Å². The summed E-state index contributed by atoms with van der Waals surface area (Å²) in [5.41, 5.74) is 6.10. The molecule has 5 N–H and O–H groups in total. The van der Waals surface area contributed by atoms with Crippen LogP contribution in [0.15, 0.2) is 18.2 Å². The number of hydrogen-bond acceptors (Lipinski definition) is 8. The summed E-state index contributed by atoms with van der Waals surface area (Å²) >= 11 is 5.95. The van der Waals surface area contributed by atoms with Crippen LogP contribution in [0.1, 0.15) is 23.7 Å². The molecule has 196 valence electrons. The quantitative estimate of drug-likeness (QED) is 0.217. The van der Waals surface area contributed by atoms with Gasteiger partial charge >= 0.3 is 5.97 Å². The Morgan fingerprint density at radius 1 is 1.25 bits per heavy atom. The van der Waals surface area contributed by atoms with E-state index in [9.17, 15) is 28.8 Å². The van der Waals surface area contributed by atoms with Gasteiger partial charge in [-0.05, 0) is 25.1 Å². The van der Waals surface area contributed by atoms with Crippen LogP contribution in [0, 0.1) is 0 Å². The van der Waals surface area contributed by atoms with Crippen LogP contribution in [0.2, 0.25) is 5.02 Å². The van der Waals surface area contributed by atoms with Crippen molar-refractivity contribution in [2.24, 2.45) is 0 Å². The van der Waals surface area contributed by atoms with Gasteiger partial charge in [0.05, 0.1) is 29.7 Å². The second kappa shape index (κ2) is 12.8. The molecule has 3 atom stereocenters. The zero-order chi connectivity index (χ0) is 27.0. The van der Waals surface area contributed by atoms with Gasteiger partial charge in [0.25, 0.3) is 5.91 Å². The number of aliphatic carboxylic acids is 1. The van der Waals surface area contributed by atoms with Gasteiger partial charge in [-0.2, -0.15) is 0 Å². The summed E-state index contributed by atoms with van der Waals surface area (Å²) in [5, 5.41) is 13.9. The Morgan fingerprint density at radius 2 is 1.94 bits per heavy atom. The normalized spacial score (nSPS) is 17.0. The highest BCUT2D eigenvalue weighted by Gasteiger charge is 2.39. The number of hydrogen-bond donors (Lipinski definition) is 4. The molecule has 1 aliphatic rings.